The lowest BCUT2D eigenvalue weighted by Crippen LogP contribution is -2.47. The van der Waals surface area contributed by atoms with Gasteiger partial charge in [-0.25, -0.2) is 5.01 Å². The van der Waals surface area contributed by atoms with E-state index in [4.69, 9.17) is 12.2 Å². The molecule has 0 bridgehead atoms. The van der Waals surface area contributed by atoms with Gasteiger partial charge in [-0.1, -0.05) is 55.5 Å². The van der Waals surface area contributed by atoms with Gasteiger partial charge in [-0.15, -0.1) is 0 Å². The zero-order valence-corrected chi connectivity index (χ0v) is 12.2. The summed E-state index contributed by atoms with van der Waals surface area (Å²) in [6.07, 6.45) is 0.889. The number of thiocarbonyl (C=S) groups is 1. The van der Waals surface area contributed by atoms with Crippen LogP contribution >= 0.6 is 12.2 Å². The maximum absolute atomic E-state index is 5.49. The number of nitrogens with one attached hydrogen (secondary N) is 2. The monoisotopic (exact) mass is 283 g/mol. The molecule has 1 heterocycles. The number of anilines is 1. The van der Waals surface area contributed by atoms with E-state index in [-0.39, 0.29) is 5.66 Å². The third-order valence-electron chi connectivity index (χ3n) is 3.64. The number of hydrogen-bond acceptors (Lipinski definition) is 2. The molecule has 1 atom stereocenters. The van der Waals surface area contributed by atoms with E-state index in [0.717, 1.165) is 12.1 Å². The first-order valence-electron chi connectivity index (χ1n) is 6.76. The van der Waals surface area contributed by atoms with E-state index in [1.165, 1.54) is 5.56 Å². The van der Waals surface area contributed by atoms with E-state index in [1.807, 2.05) is 53.5 Å². The average Bonchev–Trinajstić information content (AvgIpc) is 2.87. The predicted molar refractivity (Wildman–Crippen MR) is 86.2 cm³/mol. The van der Waals surface area contributed by atoms with Crippen molar-refractivity contribution in [3.63, 3.8) is 0 Å². The van der Waals surface area contributed by atoms with Gasteiger partial charge in [0.05, 0.1) is 5.69 Å². The Morgan fingerprint density at radius 1 is 1.00 bits per heavy atom. The highest BCUT2D eigenvalue weighted by Crippen LogP contribution is 2.29. The van der Waals surface area contributed by atoms with Crippen LogP contribution in [0.5, 0.6) is 0 Å². The molecule has 1 aliphatic rings. The molecule has 0 aromatic heterocycles. The highest BCUT2D eigenvalue weighted by atomic mass is 32.1. The normalized spacial score (nSPS) is 21.9. The SMILES string of the molecule is CCC1(c2ccccc2)NC(=S)N(c2ccccc2)N1. The molecule has 0 spiro atoms. The maximum atomic E-state index is 5.49. The van der Waals surface area contributed by atoms with Gasteiger partial charge in [0, 0.05) is 0 Å². The molecule has 0 aliphatic carbocycles. The van der Waals surface area contributed by atoms with Crippen LogP contribution in [-0.4, -0.2) is 5.11 Å². The Labute approximate surface area is 124 Å². The third-order valence-corrected chi connectivity index (χ3v) is 3.92. The average molecular weight is 283 g/mol. The van der Waals surface area contributed by atoms with E-state index in [1.54, 1.807) is 0 Å². The third kappa shape index (κ3) is 2.17. The van der Waals surface area contributed by atoms with Gasteiger partial charge in [0.25, 0.3) is 0 Å². The van der Waals surface area contributed by atoms with Crippen LogP contribution in [0.4, 0.5) is 5.69 Å². The van der Waals surface area contributed by atoms with Gasteiger partial charge in [0.2, 0.25) is 0 Å². The number of hydrogen-bond donors (Lipinski definition) is 2. The molecule has 0 amide bonds. The first-order valence-corrected chi connectivity index (χ1v) is 7.17. The largest absolute Gasteiger partial charge is 0.338 e. The summed E-state index contributed by atoms with van der Waals surface area (Å²) in [6, 6.07) is 20.4. The highest BCUT2D eigenvalue weighted by Gasteiger charge is 2.40. The first kappa shape index (κ1) is 13.1. The second-order valence-electron chi connectivity index (χ2n) is 4.84. The maximum Gasteiger partial charge on any atom is 0.190 e. The second-order valence-corrected chi connectivity index (χ2v) is 5.22. The molecular formula is C16H17N3S. The molecule has 3 rings (SSSR count). The quantitative estimate of drug-likeness (QED) is 0.846. The molecule has 20 heavy (non-hydrogen) atoms. The van der Waals surface area contributed by atoms with Crippen molar-refractivity contribution in [2.75, 3.05) is 5.01 Å². The minimum absolute atomic E-state index is 0.339. The Kier molecular flexibility index (Phi) is 3.42. The second kappa shape index (κ2) is 5.23. The molecule has 1 fully saturated rings. The lowest BCUT2D eigenvalue weighted by molar-refractivity contribution is 0.337. The molecule has 102 valence electrons. The van der Waals surface area contributed by atoms with E-state index in [9.17, 15) is 0 Å². The molecule has 1 saturated heterocycles. The van der Waals surface area contributed by atoms with Crippen LogP contribution in [0, 0.1) is 0 Å². The van der Waals surface area contributed by atoms with Gasteiger partial charge < -0.3 is 5.32 Å². The van der Waals surface area contributed by atoms with Gasteiger partial charge in [-0.05, 0) is 36.3 Å². The summed E-state index contributed by atoms with van der Waals surface area (Å²) in [6.45, 7) is 2.14. The van der Waals surface area contributed by atoms with Crippen molar-refractivity contribution in [3.8, 4) is 0 Å². The Hall–Kier alpha value is -1.91. The van der Waals surface area contributed by atoms with Crippen LogP contribution in [-0.2, 0) is 5.66 Å². The molecule has 2 aromatic carbocycles. The van der Waals surface area contributed by atoms with Crippen molar-refractivity contribution >= 4 is 23.0 Å². The Bertz CT molecular complexity index is 600. The fraction of sp³-hybridized carbons (Fsp3) is 0.188. The zero-order valence-electron chi connectivity index (χ0n) is 11.3. The highest BCUT2D eigenvalue weighted by molar-refractivity contribution is 7.80. The lowest BCUT2D eigenvalue weighted by Gasteiger charge is -2.29. The van der Waals surface area contributed by atoms with Crippen molar-refractivity contribution in [2.24, 2.45) is 0 Å². The Morgan fingerprint density at radius 3 is 2.20 bits per heavy atom. The first-order chi connectivity index (χ1) is 9.75. The molecule has 4 heteroatoms. The summed E-state index contributed by atoms with van der Waals surface area (Å²) in [5, 5.41) is 6.06. The van der Waals surface area contributed by atoms with E-state index in [2.05, 4.69) is 29.8 Å². The molecule has 1 aliphatic heterocycles. The van der Waals surface area contributed by atoms with E-state index >= 15 is 0 Å². The minimum Gasteiger partial charge on any atom is -0.338 e. The summed E-state index contributed by atoms with van der Waals surface area (Å²) in [4.78, 5) is 0. The zero-order chi connectivity index (χ0) is 14.0. The Balaban J connectivity index is 1.96. The van der Waals surface area contributed by atoms with Gasteiger partial charge in [0.15, 0.2) is 5.11 Å². The number of nitrogens with zero attached hydrogens (tertiary/aromatic N) is 1. The number of benzene rings is 2. The van der Waals surface area contributed by atoms with Gasteiger partial charge >= 0.3 is 0 Å². The molecule has 2 N–H and O–H groups in total. The Morgan fingerprint density at radius 2 is 1.60 bits per heavy atom. The fourth-order valence-corrected chi connectivity index (χ4v) is 2.82. The van der Waals surface area contributed by atoms with Crippen LogP contribution < -0.4 is 15.8 Å². The molecule has 0 saturated carbocycles. The van der Waals surface area contributed by atoms with Crippen LogP contribution in [0.15, 0.2) is 60.7 Å². The fourth-order valence-electron chi connectivity index (χ4n) is 2.50. The van der Waals surface area contributed by atoms with E-state index in [0.29, 0.717) is 5.11 Å². The molecule has 0 radical (unpaired) electrons. The van der Waals surface area contributed by atoms with Crippen LogP contribution in [0.3, 0.4) is 0 Å². The lowest BCUT2D eigenvalue weighted by atomic mass is 9.98. The summed E-state index contributed by atoms with van der Waals surface area (Å²) in [7, 11) is 0. The van der Waals surface area contributed by atoms with Crippen molar-refractivity contribution in [2.45, 2.75) is 19.0 Å². The van der Waals surface area contributed by atoms with Crippen molar-refractivity contribution in [1.29, 1.82) is 0 Å². The topological polar surface area (TPSA) is 27.3 Å². The standard InChI is InChI=1S/C16H17N3S/c1-2-16(13-9-5-3-6-10-13)17-15(20)19(18-16)14-11-7-4-8-12-14/h3-12,18H,2H2,1H3,(H,17,20). The van der Waals surface area contributed by atoms with Gasteiger partial charge in [-0.2, -0.15) is 5.43 Å². The van der Waals surface area contributed by atoms with Gasteiger partial charge in [-0.3, -0.25) is 0 Å². The smallest absolute Gasteiger partial charge is 0.190 e. The summed E-state index contributed by atoms with van der Waals surface area (Å²) < 4.78 is 0. The number of rotatable bonds is 3. The summed E-state index contributed by atoms with van der Waals surface area (Å²) >= 11 is 5.49. The molecule has 3 nitrogen and oxygen atoms in total. The van der Waals surface area contributed by atoms with Crippen molar-refractivity contribution in [1.82, 2.24) is 10.7 Å². The van der Waals surface area contributed by atoms with E-state index < -0.39 is 0 Å². The van der Waals surface area contributed by atoms with Crippen LogP contribution in [0.1, 0.15) is 18.9 Å². The molecule has 2 aromatic rings. The number of para-hydroxylation sites is 1. The number of hydrazine groups is 1. The van der Waals surface area contributed by atoms with Crippen LogP contribution in [0.2, 0.25) is 0 Å². The van der Waals surface area contributed by atoms with Crippen LogP contribution in [0.25, 0.3) is 0 Å². The minimum atomic E-state index is -0.339. The molecule has 1 unspecified atom stereocenters. The molecular weight excluding hydrogens is 266 g/mol. The summed E-state index contributed by atoms with van der Waals surface area (Å²) in [5.41, 5.74) is 5.40. The van der Waals surface area contributed by atoms with Crippen molar-refractivity contribution in [3.05, 3.63) is 66.2 Å². The predicted octanol–water partition coefficient (Wildman–Crippen LogP) is 3.15. The summed E-state index contributed by atoms with van der Waals surface area (Å²) in [5.74, 6) is 0. The van der Waals surface area contributed by atoms with Crippen molar-refractivity contribution < 1.29 is 0 Å². The van der Waals surface area contributed by atoms with Gasteiger partial charge in [0.1, 0.15) is 5.66 Å².